The van der Waals surface area contributed by atoms with Gasteiger partial charge in [0.1, 0.15) is 11.5 Å². The first-order valence-corrected chi connectivity index (χ1v) is 7.83. The van der Waals surface area contributed by atoms with Gasteiger partial charge in [-0.2, -0.15) is 5.10 Å². The number of rotatable bonds is 2. The van der Waals surface area contributed by atoms with E-state index in [-0.39, 0.29) is 0 Å². The standard InChI is InChI=1S/C15H22N8/c1-3-23-13(18)12(9(2)21-23)19-14-10(16)8-11(17)15(20-14)22-6-4-5-7-22/h8,17H,3-7,16,18H2,1-2H3/b17-11?,19-14-. The molecule has 1 aromatic rings. The number of aromatic nitrogens is 2. The Morgan fingerprint density at radius 2 is 2.00 bits per heavy atom. The summed E-state index contributed by atoms with van der Waals surface area (Å²) in [5.74, 6) is 1.53. The lowest BCUT2D eigenvalue weighted by Gasteiger charge is -2.22. The average Bonchev–Trinajstić information content (AvgIpc) is 3.13. The zero-order chi connectivity index (χ0) is 16.6. The molecule has 0 spiro atoms. The van der Waals surface area contributed by atoms with Crippen LogP contribution in [0.5, 0.6) is 0 Å². The van der Waals surface area contributed by atoms with Crippen LogP contribution >= 0.6 is 0 Å². The summed E-state index contributed by atoms with van der Waals surface area (Å²) in [6.07, 6.45) is 3.84. The van der Waals surface area contributed by atoms with E-state index in [1.54, 1.807) is 10.8 Å². The van der Waals surface area contributed by atoms with Crippen LogP contribution in [-0.2, 0) is 6.54 Å². The van der Waals surface area contributed by atoms with Crippen molar-refractivity contribution in [2.45, 2.75) is 33.2 Å². The normalized spacial score (nSPS) is 20.2. The number of hydrogen-bond donors (Lipinski definition) is 3. The van der Waals surface area contributed by atoms with Crippen molar-refractivity contribution in [2.24, 2.45) is 15.7 Å². The molecule has 0 bridgehead atoms. The van der Waals surface area contributed by atoms with Gasteiger partial charge < -0.3 is 16.4 Å². The van der Waals surface area contributed by atoms with E-state index in [0.717, 1.165) is 31.6 Å². The van der Waals surface area contributed by atoms with Gasteiger partial charge in [-0.3, -0.25) is 5.41 Å². The largest absolute Gasteiger partial charge is 0.396 e. The van der Waals surface area contributed by atoms with Crippen molar-refractivity contribution >= 4 is 28.9 Å². The third-order valence-electron chi connectivity index (χ3n) is 4.07. The number of hydrogen-bond acceptors (Lipinski definition) is 6. The second kappa shape index (κ2) is 5.86. The van der Waals surface area contributed by atoms with Gasteiger partial charge in [0.25, 0.3) is 0 Å². The maximum atomic E-state index is 8.10. The number of nitrogens with two attached hydrogens (primary N) is 2. The van der Waals surface area contributed by atoms with E-state index in [9.17, 15) is 0 Å². The highest BCUT2D eigenvalue weighted by molar-refractivity contribution is 6.48. The molecule has 0 aromatic carbocycles. The van der Waals surface area contributed by atoms with Crippen LogP contribution in [0.1, 0.15) is 25.5 Å². The summed E-state index contributed by atoms with van der Waals surface area (Å²) in [5, 5.41) is 12.5. The first-order valence-electron chi connectivity index (χ1n) is 7.83. The number of dihydropyridines is 1. The van der Waals surface area contributed by atoms with Crippen LogP contribution in [0.2, 0.25) is 0 Å². The summed E-state index contributed by atoms with van der Waals surface area (Å²) in [6.45, 7) is 6.33. The molecule has 0 atom stereocenters. The van der Waals surface area contributed by atoms with Crippen LogP contribution in [0, 0.1) is 12.3 Å². The Morgan fingerprint density at radius 1 is 1.30 bits per heavy atom. The zero-order valence-corrected chi connectivity index (χ0v) is 13.5. The topological polar surface area (TPSA) is 122 Å². The molecular formula is C15H22N8. The Balaban J connectivity index is 2.01. The smallest absolute Gasteiger partial charge is 0.178 e. The average molecular weight is 314 g/mol. The molecule has 3 heterocycles. The van der Waals surface area contributed by atoms with Crippen LogP contribution in [0.25, 0.3) is 0 Å². The fourth-order valence-electron chi connectivity index (χ4n) is 2.84. The lowest BCUT2D eigenvalue weighted by molar-refractivity contribution is 0.526. The van der Waals surface area contributed by atoms with Crippen molar-refractivity contribution in [3.8, 4) is 0 Å². The first-order chi connectivity index (χ1) is 11.0. The Morgan fingerprint density at radius 3 is 2.61 bits per heavy atom. The van der Waals surface area contributed by atoms with E-state index in [1.807, 2.05) is 13.8 Å². The van der Waals surface area contributed by atoms with Crippen LogP contribution in [0.3, 0.4) is 0 Å². The summed E-state index contributed by atoms with van der Waals surface area (Å²) < 4.78 is 1.70. The molecule has 1 aromatic heterocycles. The molecule has 23 heavy (non-hydrogen) atoms. The van der Waals surface area contributed by atoms with Crippen molar-refractivity contribution < 1.29 is 0 Å². The molecule has 0 saturated carbocycles. The minimum atomic E-state index is 0.331. The van der Waals surface area contributed by atoms with E-state index < -0.39 is 0 Å². The molecule has 5 N–H and O–H groups in total. The molecule has 0 amide bonds. The number of amidine groups is 2. The molecule has 2 aliphatic heterocycles. The molecule has 8 nitrogen and oxygen atoms in total. The molecular weight excluding hydrogens is 292 g/mol. The van der Waals surface area contributed by atoms with Gasteiger partial charge in [-0.25, -0.2) is 14.7 Å². The number of nitrogens with zero attached hydrogens (tertiary/aromatic N) is 5. The Hall–Kier alpha value is -2.64. The summed E-state index contributed by atoms with van der Waals surface area (Å²) >= 11 is 0. The molecule has 0 aliphatic carbocycles. The SMILES string of the molecule is CCn1nc(C)c(/N=C2\N=C(N3CCCC3)C(=N)C=C2N)c1N. The fourth-order valence-corrected chi connectivity index (χ4v) is 2.84. The highest BCUT2D eigenvalue weighted by Crippen LogP contribution is 2.27. The van der Waals surface area contributed by atoms with Crippen LogP contribution in [0.15, 0.2) is 21.8 Å². The number of nitrogens with one attached hydrogen (secondary N) is 1. The molecule has 1 saturated heterocycles. The van der Waals surface area contributed by atoms with Crippen molar-refractivity contribution in [1.82, 2.24) is 14.7 Å². The van der Waals surface area contributed by atoms with E-state index in [0.29, 0.717) is 41.1 Å². The summed E-state index contributed by atoms with van der Waals surface area (Å²) in [6, 6.07) is 0. The predicted octanol–water partition coefficient (Wildman–Crippen LogP) is 1.19. The molecule has 3 rings (SSSR count). The number of anilines is 1. The van der Waals surface area contributed by atoms with Gasteiger partial charge >= 0.3 is 0 Å². The van der Waals surface area contributed by atoms with Gasteiger partial charge in [-0.05, 0) is 32.8 Å². The summed E-state index contributed by atoms with van der Waals surface area (Å²) in [4.78, 5) is 11.2. The highest BCUT2D eigenvalue weighted by atomic mass is 15.3. The van der Waals surface area contributed by atoms with Crippen molar-refractivity contribution in [2.75, 3.05) is 18.8 Å². The van der Waals surface area contributed by atoms with Gasteiger partial charge in [0, 0.05) is 19.6 Å². The molecule has 8 heteroatoms. The fraction of sp³-hybridized carbons (Fsp3) is 0.467. The number of likely N-dealkylation sites (tertiary alicyclic amines) is 1. The van der Waals surface area contributed by atoms with Crippen LogP contribution in [0.4, 0.5) is 11.5 Å². The minimum absolute atomic E-state index is 0.331. The van der Waals surface area contributed by atoms with E-state index in [2.05, 4.69) is 20.0 Å². The third-order valence-corrected chi connectivity index (χ3v) is 4.07. The molecule has 1 fully saturated rings. The predicted molar refractivity (Wildman–Crippen MR) is 92.4 cm³/mol. The molecule has 0 radical (unpaired) electrons. The van der Waals surface area contributed by atoms with Crippen LogP contribution < -0.4 is 11.5 Å². The highest BCUT2D eigenvalue weighted by Gasteiger charge is 2.24. The van der Waals surface area contributed by atoms with Crippen molar-refractivity contribution in [3.05, 3.63) is 17.5 Å². The van der Waals surface area contributed by atoms with Gasteiger partial charge in [0.05, 0.1) is 17.1 Å². The lowest BCUT2D eigenvalue weighted by Crippen LogP contribution is -2.37. The third kappa shape index (κ3) is 2.71. The maximum Gasteiger partial charge on any atom is 0.178 e. The Kier molecular flexibility index (Phi) is 3.89. The second-order valence-electron chi connectivity index (χ2n) is 5.71. The van der Waals surface area contributed by atoms with Gasteiger partial charge in [-0.15, -0.1) is 0 Å². The number of nitrogen functional groups attached to an aromatic ring is 1. The second-order valence-corrected chi connectivity index (χ2v) is 5.71. The van der Waals surface area contributed by atoms with Crippen molar-refractivity contribution in [1.29, 1.82) is 5.41 Å². The minimum Gasteiger partial charge on any atom is -0.396 e. The van der Waals surface area contributed by atoms with Crippen molar-refractivity contribution in [3.63, 3.8) is 0 Å². The monoisotopic (exact) mass is 314 g/mol. The zero-order valence-electron chi connectivity index (χ0n) is 13.5. The molecule has 122 valence electrons. The van der Waals surface area contributed by atoms with E-state index >= 15 is 0 Å². The summed E-state index contributed by atoms with van der Waals surface area (Å²) in [7, 11) is 0. The van der Waals surface area contributed by atoms with Crippen LogP contribution in [-0.4, -0.2) is 45.2 Å². The van der Waals surface area contributed by atoms with Gasteiger partial charge in [-0.1, -0.05) is 0 Å². The Labute approximate surface area is 135 Å². The van der Waals surface area contributed by atoms with E-state index in [1.165, 1.54) is 0 Å². The maximum absolute atomic E-state index is 8.10. The molecule has 0 unspecified atom stereocenters. The van der Waals surface area contributed by atoms with E-state index in [4.69, 9.17) is 16.9 Å². The number of aryl methyl sites for hydroxylation is 2. The quantitative estimate of drug-likeness (QED) is 0.759. The number of aliphatic imine (C=N–C) groups is 2. The Bertz CT molecular complexity index is 731. The molecule has 2 aliphatic rings. The van der Waals surface area contributed by atoms with Gasteiger partial charge in [0.2, 0.25) is 0 Å². The first kappa shape index (κ1) is 15.3. The van der Waals surface area contributed by atoms with Gasteiger partial charge in [0.15, 0.2) is 11.7 Å². The summed E-state index contributed by atoms with van der Waals surface area (Å²) in [5.41, 5.74) is 14.1. The lowest BCUT2D eigenvalue weighted by atomic mass is 10.2.